The maximum atomic E-state index is 10.5. The molecule has 0 radical (unpaired) electrons. The summed E-state index contributed by atoms with van der Waals surface area (Å²) in [6.07, 6.45) is 0. The van der Waals surface area contributed by atoms with Crippen LogP contribution in [0.2, 0.25) is 0 Å². The van der Waals surface area contributed by atoms with Gasteiger partial charge in [-0.25, -0.2) is 9.59 Å². The molecule has 0 rings (SSSR count). The number of hydrogen-bond donors (Lipinski definition) is 5. The first kappa shape index (κ1) is 16.8. The van der Waals surface area contributed by atoms with Crippen LogP contribution in [0.3, 0.4) is 0 Å². The lowest BCUT2D eigenvalue weighted by atomic mass is 10.3. The number of aliphatic carboxylic acids is 4. The fourth-order valence-electron chi connectivity index (χ4n) is 1.24. The van der Waals surface area contributed by atoms with E-state index in [9.17, 15) is 19.2 Å². The monoisotopic (exact) mass is 278 g/mol. The second-order valence-electron chi connectivity index (χ2n) is 3.56. The zero-order chi connectivity index (χ0) is 15.0. The summed E-state index contributed by atoms with van der Waals surface area (Å²) in [4.78, 5) is 43.0. The molecule has 0 aliphatic carbocycles. The molecule has 0 heterocycles. The van der Waals surface area contributed by atoms with Crippen LogP contribution in [0.5, 0.6) is 0 Å². The predicted octanol–water partition coefficient (Wildman–Crippen LogP) is -2.41. The van der Waals surface area contributed by atoms with Crippen molar-refractivity contribution in [3.8, 4) is 0 Å². The van der Waals surface area contributed by atoms with Crippen molar-refractivity contribution in [1.29, 1.82) is 0 Å². The first-order chi connectivity index (χ1) is 8.73. The minimum atomic E-state index is -1.82. The molecule has 0 fully saturated rings. The molecular weight excluding hydrogens is 264 g/mol. The minimum absolute atomic E-state index is 0.115. The van der Waals surface area contributed by atoms with Gasteiger partial charge in [-0.15, -0.1) is 0 Å². The predicted molar refractivity (Wildman–Crippen MR) is 58.8 cm³/mol. The Morgan fingerprint density at radius 2 is 1.32 bits per heavy atom. The number of nitrogens with zero attached hydrogens (tertiary/aromatic N) is 1. The highest BCUT2D eigenvalue weighted by molar-refractivity contribution is 5.97. The van der Waals surface area contributed by atoms with Gasteiger partial charge in [0.2, 0.25) is 6.04 Å². The summed E-state index contributed by atoms with van der Waals surface area (Å²) in [5, 5.41) is 36.4. The second kappa shape index (κ2) is 8.00. The van der Waals surface area contributed by atoms with Crippen LogP contribution < -0.4 is 5.32 Å². The normalized spacial score (nSPS) is 10.6. The van der Waals surface area contributed by atoms with Gasteiger partial charge in [-0.1, -0.05) is 0 Å². The molecule has 10 nitrogen and oxygen atoms in total. The summed E-state index contributed by atoms with van der Waals surface area (Å²) >= 11 is 0. The van der Waals surface area contributed by atoms with Crippen LogP contribution in [0, 0.1) is 0 Å². The molecule has 0 unspecified atom stereocenters. The summed E-state index contributed by atoms with van der Waals surface area (Å²) in [5.41, 5.74) is 0. The first-order valence-corrected chi connectivity index (χ1v) is 5.09. The molecule has 0 aliphatic rings. The number of carbonyl (C=O) groups is 4. The molecule has 0 aromatic heterocycles. The lowest BCUT2D eigenvalue weighted by Crippen LogP contribution is -2.47. The van der Waals surface area contributed by atoms with Gasteiger partial charge in [-0.2, -0.15) is 0 Å². The molecule has 0 aromatic rings. The van der Waals surface area contributed by atoms with Crippen molar-refractivity contribution in [2.24, 2.45) is 0 Å². The van der Waals surface area contributed by atoms with Gasteiger partial charge in [0.15, 0.2) is 0 Å². The standard InChI is InChI=1S/C9H14N2O8/c12-5(13)3-11(4-6(14)15)2-1-10-7(8(16)17)9(18)19/h7,10H,1-4H2,(H,12,13)(H,14,15)(H,16,17)(H,18,19). The van der Waals surface area contributed by atoms with Gasteiger partial charge in [0.25, 0.3) is 0 Å². The molecule has 0 atom stereocenters. The van der Waals surface area contributed by atoms with Gasteiger partial charge in [-0.05, 0) is 0 Å². The van der Waals surface area contributed by atoms with E-state index in [0.717, 1.165) is 4.90 Å². The van der Waals surface area contributed by atoms with Crippen LogP contribution in [0.1, 0.15) is 0 Å². The van der Waals surface area contributed by atoms with E-state index in [1.807, 2.05) is 0 Å². The molecule has 5 N–H and O–H groups in total. The van der Waals surface area contributed by atoms with E-state index in [1.54, 1.807) is 0 Å². The quantitative estimate of drug-likeness (QED) is 0.271. The van der Waals surface area contributed by atoms with Gasteiger partial charge in [0.05, 0.1) is 13.1 Å². The summed E-state index contributed by atoms with van der Waals surface area (Å²) < 4.78 is 0. The first-order valence-electron chi connectivity index (χ1n) is 5.09. The second-order valence-corrected chi connectivity index (χ2v) is 3.56. The minimum Gasteiger partial charge on any atom is -0.480 e. The molecule has 108 valence electrons. The lowest BCUT2D eigenvalue weighted by Gasteiger charge is -2.19. The maximum absolute atomic E-state index is 10.5. The molecule has 10 heteroatoms. The Kier molecular flexibility index (Phi) is 7.07. The van der Waals surface area contributed by atoms with E-state index in [1.165, 1.54) is 0 Å². The molecule has 0 spiro atoms. The van der Waals surface area contributed by atoms with Gasteiger partial charge in [-0.3, -0.25) is 19.8 Å². The molecule has 0 amide bonds. The Balaban J connectivity index is 4.30. The van der Waals surface area contributed by atoms with E-state index < -0.39 is 43.0 Å². The zero-order valence-corrected chi connectivity index (χ0v) is 9.77. The van der Waals surface area contributed by atoms with Gasteiger partial charge in [0, 0.05) is 13.1 Å². The third kappa shape index (κ3) is 7.68. The topological polar surface area (TPSA) is 164 Å². The number of hydrogen-bond acceptors (Lipinski definition) is 6. The van der Waals surface area contributed by atoms with Crippen molar-refractivity contribution >= 4 is 23.9 Å². The van der Waals surface area contributed by atoms with E-state index in [-0.39, 0.29) is 13.1 Å². The third-order valence-corrected chi connectivity index (χ3v) is 1.99. The summed E-state index contributed by atoms with van der Waals surface area (Å²) in [6.45, 7) is -1.38. The fraction of sp³-hybridized carbons (Fsp3) is 0.556. The van der Waals surface area contributed by atoms with Crippen LogP contribution in [-0.4, -0.2) is 81.4 Å². The van der Waals surface area contributed by atoms with E-state index >= 15 is 0 Å². The highest BCUT2D eigenvalue weighted by Gasteiger charge is 2.25. The average molecular weight is 278 g/mol. The van der Waals surface area contributed by atoms with Crippen LogP contribution in [0.15, 0.2) is 0 Å². The van der Waals surface area contributed by atoms with Gasteiger partial charge in [0.1, 0.15) is 0 Å². The smallest absolute Gasteiger partial charge is 0.332 e. The fourth-order valence-corrected chi connectivity index (χ4v) is 1.24. The molecule has 0 bridgehead atoms. The Bertz CT molecular complexity index is 339. The largest absolute Gasteiger partial charge is 0.480 e. The molecule has 0 saturated carbocycles. The van der Waals surface area contributed by atoms with Crippen molar-refractivity contribution in [3.63, 3.8) is 0 Å². The van der Waals surface area contributed by atoms with Crippen LogP contribution in [0.4, 0.5) is 0 Å². The maximum Gasteiger partial charge on any atom is 0.332 e. The van der Waals surface area contributed by atoms with Crippen molar-refractivity contribution in [2.75, 3.05) is 26.2 Å². The van der Waals surface area contributed by atoms with Gasteiger partial charge >= 0.3 is 23.9 Å². The Labute approximate surface area is 107 Å². The number of carboxylic acid groups (broad SMARTS) is 4. The number of carboxylic acids is 4. The van der Waals surface area contributed by atoms with Crippen molar-refractivity contribution in [1.82, 2.24) is 10.2 Å². The lowest BCUT2D eigenvalue weighted by molar-refractivity contribution is -0.151. The Hall–Kier alpha value is -2.20. The van der Waals surface area contributed by atoms with E-state index in [2.05, 4.69) is 5.32 Å². The van der Waals surface area contributed by atoms with Crippen LogP contribution in [0.25, 0.3) is 0 Å². The molecule has 0 aromatic carbocycles. The third-order valence-electron chi connectivity index (χ3n) is 1.99. The highest BCUT2D eigenvalue weighted by Crippen LogP contribution is 1.90. The number of rotatable bonds is 10. The van der Waals surface area contributed by atoms with Gasteiger partial charge < -0.3 is 20.4 Å². The molecule has 19 heavy (non-hydrogen) atoms. The summed E-state index contributed by atoms with van der Waals surface area (Å²) in [6, 6.07) is -1.82. The zero-order valence-electron chi connectivity index (χ0n) is 9.77. The average Bonchev–Trinajstić information content (AvgIpc) is 2.20. The van der Waals surface area contributed by atoms with Crippen molar-refractivity contribution in [2.45, 2.75) is 6.04 Å². The summed E-state index contributed by atoms with van der Waals surface area (Å²) in [5.74, 6) is -5.66. The molecule has 0 saturated heterocycles. The van der Waals surface area contributed by atoms with E-state index in [0.29, 0.717) is 0 Å². The van der Waals surface area contributed by atoms with E-state index in [4.69, 9.17) is 20.4 Å². The SMILES string of the molecule is O=C(O)CN(CCNC(C(=O)O)C(=O)O)CC(=O)O. The Morgan fingerprint density at radius 1 is 0.895 bits per heavy atom. The highest BCUT2D eigenvalue weighted by atomic mass is 16.4. The number of nitrogens with one attached hydrogen (secondary N) is 1. The molecule has 0 aliphatic heterocycles. The van der Waals surface area contributed by atoms with Crippen molar-refractivity contribution in [3.05, 3.63) is 0 Å². The van der Waals surface area contributed by atoms with Crippen LogP contribution in [-0.2, 0) is 19.2 Å². The van der Waals surface area contributed by atoms with Crippen LogP contribution >= 0.6 is 0 Å². The summed E-state index contributed by atoms with van der Waals surface area (Å²) in [7, 11) is 0. The molecular formula is C9H14N2O8. The van der Waals surface area contributed by atoms with Crippen molar-refractivity contribution < 1.29 is 39.6 Å². The Morgan fingerprint density at radius 3 is 1.63 bits per heavy atom.